The van der Waals surface area contributed by atoms with Crippen LogP contribution in [0.1, 0.15) is 16.1 Å². The van der Waals surface area contributed by atoms with Crippen LogP contribution in [0, 0.1) is 0 Å². The molecule has 0 spiro atoms. The number of halogens is 4. The predicted octanol–water partition coefficient (Wildman–Crippen LogP) is 2.75. The first-order chi connectivity index (χ1) is 14.7. The van der Waals surface area contributed by atoms with Crippen LogP contribution in [0.2, 0.25) is 5.02 Å². The summed E-state index contributed by atoms with van der Waals surface area (Å²) >= 11 is 6.12. The second-order valence-corrected chi connectivity index (χ2v) is 6.45. The Morgan fingerprint density at radius 1 is 1.13 bits per heavy atom. The summed E-state index contributed by atoms with van der Waals surface area (Å²) in [5.41, 5.74) is 3.58. The number of alkyl halides is 3. The van der Waals surface area contributed by atoms with E-state index >= 15 is 0 Å². The van der Waals surface area contributed by atoms with Crippen LogP contribution in [-0.4, -0.2) is 40.6 Å². The van der Waals surface area contributed by atoms with Crippen molar-refractivity contribution in [1.82, 2.24) is 34.7 Å². The van der Waals surface area contributed by atoms with Gasteiger partial charge < -0.3 is 11.1 Å². The fourth-order valence-corrected chi connectivity index (χ4v) is 2.93. The smallest absolute Gasteiger partial charge is 0.384 e. The van der Waals surface area contributed by atoms with Crippen LogP contribution < -0.4 is 11.1 Å². The maximum atomic E-state index is 13.8. The van der Waals surface area contributed by atoms with Crippen molar-refractivity contribution in [2.75, 3.05) is 11.1 Å². The van der Waals surface area contributed by atoms with Gasteiger partial charge in [-0.2, -0.15) is 28.5 Å². The van der Waals surface area contributed by atoms with Crippen molar-refractivity contribution in [3.8, 4) is 11.6 Å². The summed E-state index contributed by atoms with van der Waals surface area (Å²) < 4.78 is 41.8. The number of hydrogen-bond acceptors (Lipinski definition) is 7. The summed E-state index contributed by atoms with van der Waals surface area (Å²) in [6.07, 6.45) is -0.0703. The fourth-order valence-electron chi connectivity index (χ4n) is 2.69. The minimum Gasteiger partial charge on any atom is -0.384 e. The summed E-state index contributed by atoms with van der Waals surface area (Å²) in [7, 11) is 0. The molecule has 4 rings (SSSR count). The molecule has 0 aliphatic carbocycles. The van der Waals surface area contributed by atoms with Crippen molar-refractivity contribution in [2.24, 2.45) is 0 Å². The molecule has 4 aromatic heterocycles. The minimum absolute atomic E-state index is 0.000367. The zero-order valence-electron chi connectivity index (χ0n) is 15.2. The third kappa shape index (κ3) is 4.02. The highest BCUT2D eigenvalue weighted by Gasteiger charge is 2.41. The van der Waals surface area contributed by atoms with Gasteiger partial charge >= 0.3 is 6.18 Å². The molecule has 3 N–H and O–H groups in total. The first-order valence-corrected chi connectivity index (χ1v) is 8.83. The van der Waals surface area contributed by atoms with Crippen LogP contribution in [0.15, 0.2) is 49.1 Å². The highest BCUT2D eigenvalue weighted by atomic mass is 35.5. The van der Waals surface area contributed by atoms with Gasteiger partial charge in [0.25, 0.3) is 5.91 Å². The summed E-state index contributed by atoms with van der Waals surface area (Å²) in [5.74, 6) is -1.07. The molecule has 0 aliphatic rings. The summed E-state index contributed by atoms with van der Waals surface area (Å²) in [6, 6.07) is 5.42. The number of nitrogens with two attached hydrogens (primary N) is 1. The number of nitrogen functional groups attached to an aromatic ring is 1. The highest BCUT2D eigenvalue weighted by Crippen LogP contribution is 2.34. The molecule has 1 amide bonds. The zero-order valence-corrected chi connectivity index (χ0v) is 16.0. The average Bonchev–Trinajstić information content (AvgIpc) is 3.38. The molecule has 0 saturated carbocycles. The van der Waals surface area contributed by atoms with E-state index in [1.54, 1.807) is 0 Å². The lowest BCUT2D eigenvalue weighted by Gasteiger charge is -2.13. The topological polar surface area (TPSA) is 129 Å². The number of pyridine rings is 2. The van der Waals surface area contributed by atoms with E-state index < -0.39 is 23.3 Å². The van der Waals surface area contributed by atoms with E-state index in [1.807, 2.05) is 0 Å². The number of amides is 1. The van der Waals surface area contributed by atoms with Gasteiger partial charge in [0.05, 0.1) is 41.1 Å². The molecule has 0 saturated heterocycles. The maximum absolute atomic E-state index is 13.8. The van der Waals surface area contributed by atoms with Gasteiger partial charge in [-0.25, -0.2) is 14.6 Å². The van der Waals surface area contributed by atoms with Crippen molar-refractivity contribution in [3.63, 3.8) is 0 Å². The third-order valence-electron chi connectivity index (χ3n) is 3.94. The fraction of sp³-hybridized carbons (Fsp3) is 0.0588. The van der Waals surface area contributed by atoms with Crippen molar-refractivity contribution >= 4 is 29.0 Å². The van der Waals surface area contributed by atoms with Crippen LogP contribution in [0.5, 0.6) is 0 Å². The summed E-state index contributed by atoms with van der Waals surface area (Å²) in [5, 5.41) is 13.8. The van der Waals surface area contributed by atoms with Crippen molar-refractivity contribution < 1.29 is 18.0 Å². The Labute approximate surface area is 176 Å². The normalized spacial score (nSPS) is 11.5. The standard InChI is InChI=1S/C17H11ClF3N9O/c18-11-6-9(7-23-15(11)30-24-4-5-25-30)27-16(31)10-8-26-29(14(10)17(19,20)21)13-3-1-2-12(22)28-13/h1-8H,(H2,22,28)(H,27,31). The highest BCUT2D eigenvalue weighted by molar-refractivity contribution is 6.32. The van der Waals surface area contributed by atoms with Gasteiger partial charge in [0.2, 0.25) is 0 Å². The molecular weight excluding hydrogens is 439 g/mol. The molecular formula is C17H11ClF3N9O. The average molecular weight is 450 g/mol. The Bertz CT molecular complexity index is 1250. The number of anilines is 2. The second-order valence-electron chi connectivity index (χ2n) is 6.04. The Balaban J connectivity index is 1.67. The van der Waals surface area contributed by atoms with E-state index in [1.165, 1.54) is 42.9 Å². The lowest BCUT2D eigenvalue weighted by molar-refractivity contribution is -0.143. The number of carbonyl (C=O) groups is 1. The van der Waals surface area contributed by atoms with E-state index in [-0.39, 0.29) is 28.2 Å². The van der Waals surface area contributed by atoms with Gasteiger partial charge in [-0.05, 0) is 18.2 Å². The van der Waals surface area contributed by atoms with Crippen LogP contribution >= 0.6 is 11.6 Å². The molecule has 4 heterocycles. The molecule has 14 heteroatoms. The monoisotopic (exact) mass is 449 g/mol. The van der Waals surface area contributed by atoms with Crippen molar-refractivity contribution in [3.05, 3.63) is 65.3 Å². The van der Waals surface area contributed by atoms with Gasteiger partial charge in [-0.1, -0.05) is 17.7 Å². The summed E-state index contributed by atoms with van der Waals surface area (Å²) in [6.45, 7) is 0. The van der Waals surface area contributed by atoms with Crippen molar-refractivity contribution in [2.45, 2.75) is 6.18 Å². The number of carbonyl (C=O) groups excluding carboxylic acids is 1. The molecule has 0 radical (unpaired) electrons. The Hall–Kier alpha value is -4.00. The molecule has 31 heavy (non-hydrogen) atoms. The Kier molecular flexibility index (Phi) is 5.02. The molecule has 0 aromatic carbocycles. The van der Waals surface area contributed by atoms with Gasteiger partial charge in [0.15, 0.2) is 17.3 Å². The zero-order chi connectivity index (χ0) is 22.2. The van der Waals surface area contributed by atoms with Gasteiger partial charge in [-0.3, -0.25) is 4.79 Å². The SMILES string of the molecule is Nc1cccc(-n2ncc(C(=O)Nc3cnc(-n4nccn4)c(Cl)c3)c2C(F)(F)F)n1. The Morgan fingerprint density at radius 2 is 1.87 bits per heavy atom. The van der Waals surface area contributed by atoms with Crippen molar-refractivity contribution in [1.29, 1.82) is 0 Å². The second kappa shape index (κ2) is 7.68. The molecule has 10 nitrogen and oxygen atoms in total. The van der Waals surface area contributed by atoms with Crippen LogP contribution in [0.25, 0.3) is 11.6 Å². The third-order valence-corrected chi connectivity index (χ3v) is 4.22. The van der Waals surface area contributed by atoms with E-state index in [2.05, 4.69) is 30.6 Å². The van der Waals surface area contributed by atoms with E-state index in [4.69, 9.17) is 17.3 Å². The van der Waals surface area contributed by atoms with Gasteiger partial charge in [0.1, 0.15) is 5.82 Å². The van der Waals surface area contributed by atoms with Gasteiger partial charge in [-0.15, -0.1) is 4.80 Å². The number of aromatic nitrogens is 7. The molecule has 0 bridgehead atoms. The van der Waals surface area contributed by atoms with E-state index in [0.717, 1.165) is 11.0 Å². The number of hydrogen-bond donors (Lipinski definition) is 2. The Morgan fingerprint density at radius 3 is 2.52 bits per heavy atom. The molecule has 158 valence electrons. The van der Waals surface area contributed by atoms with Crippen LogP contribution in [-0.2, 0) is 6.18 Å². The minimum atomic E-state index is -4.90. The predicted molar refractivity (Wildman–Crippen MR) is 103 cm³/mol. The lowest BCUT2D eigenvalue weighted by atomic mass is 10.2. The van der Waals surface area contributed by atoms with Gasteiger partial charge in [0, 0.05) is 0 Å². The lowest BCUT2D eigenvalue weighted by Crippen LogP contribution is -2.21. The van der Waals surface area contributed by atoms with E-state index in [0.29, 0.717) is 4.68 Å². The number of nitrogens with one attached hydrogen (secondary N) is 1. The van der Waals surface area contributed by atoms with E-state index in [9.17, 15) is 18.0 Å². The quantitative estimate of drug-likeness (QED) is 0.490. The first-order valence-electron chi connectivity index (χ1n) is 8.46. The molecule has 0 aliphatic heterocycles. The molecule has 0 unspecified atom stereocenters. The largest absolute Gasteiger partial charge is 0.434 e. The molecule has 0 atom stereocenters. The maximum Gasteiger partial charge on any atom is 0.434 e. The van der Waals surface area contributed by atoms with Crippen LogP contribution in [0.4, 0.5) is 24.7 Å². The number of rotatable bonds is 4. The van der Waals surface area contributed by atoms with Crippen LogP contribution in [0.3, 0.4) is 0 Å². The number of nitrogens with zero attached hydrogens (tertiary/aromatic N) is 7. The molecule has 0 fully saturated rings. The first kappa shape index (κ1) is 20.3. The molecule has 4 aromatic rings. The summed E-state index contributed by atoms with van der Waals surface area (Å²) in [4.78, 5) is 21.6.